The molecule has 2 rings (SSSR count). The van der Waals surface area contributed by atoms with Crippen LogP contribution >= 0.6 is 0 Å². The van der Waals surface area contributed by atoms with Crippen LogP contribution < -0.4 is 9.47 Å². The molecule has 0 amide bonds. The van der Waals surface area contributed by atoms with E-state index in [-0.39, 0.29) is 5.60 Å². The lowest BCUT2D eigenvalue weighted by atomic mass is 9.86. The lowest BCUT2D eigenvalue weighted by Crippen LogP contribution is -2.34. The molecule has 2 heteroatoms. The fourth-order valence-corrected chi connectivity index (χ4v) is 4.06. The Kier molecular flexibility index (Phi) is 8.81. The number of fused-ring (bicyclic) bond motifs is 1. The highest BCUT2D eigenvalue weighted by atomic mass is 16.5. The van der Waals surface area contributed by atoms with E-state index in [9.17, 15) is 0 Å². The molecule has 1 aromatic carbocycles. The minimum absolute atomic E-state index is 0.0647. The summed E-state index contributed by atoms with van der Waals surface area (Å²) in [7, 11) is 0. The zero-order chi connectivity index (χ0) is 18.8. The maximum absolute atomic E-state index is 6.10. The summed E-state index contributed by atoms with van der Waals surface area (Å²) >= 11 is 0. The molecule has 0 fully saturated rings. The van der Waals surface area contributed by atoms with Gasteiger partial charge in [-0.15, -0.1) is 0 Å². The van der Waals surface area contributed by atoms with Crippen molar-refractivity contribution in [1.29, 1.82) is 0 Å². The van der Waals surface area contributed by atoms with Crippen LogP contribution in [0.1, 0.15) is 110 Å². The lowest BCUT2D eigenvalue weighted by molar-refractivity contribution is 0.0744. The Morgan fingerprint density at radius 1 is 0.962 bits per heavy atom. The third-order valence-corrected chi connectivity index (χ3v) is 5.46. The van der Waals surface area contributed by atoms with Gasteiger partial charge in [0.25, 0.3) is 0 Å². The maximum atomic E-state index is 6.10. The van der Waals surface area contributed by atoms with Crippen LogP contribution in [0.15, 0.2) is 18.2 Å². The quantitative estimate of drug-likeness (QED) is 0.356. The van der Waals surface area contributed by atoms with E-state index in [0.29, 0.717) is 5.92 Å². The summed E-state index contributed by atoms with van der Waals surface area (Å²) in [5.74, 6) is 2.55. The van der Waals surface area contributed by atoms with Crippen molar-refractivity contribution in [3.63, 3.8) is 0 Å². The highest BCUT2D eigenvalue weighted by molar-refractivity contribution is 5.44. The second-order valence-corrected chi connectivity index (χ2v) is 8.70. The molecule has 1 aliphatic heterocycles. The van der Waals surface area contributed by atoms with E-state index >= 15 is 0 Å². The van der Waals surface area contributed by atoms with E-state index in [1.54, 1.807) is 0 Å². The van der Waals surface area contributed by atoms with Crippen molar-refractivity contribution in [3.8, 4) is 11.5 Å². The minimum Gasteiger partial charge on any atom is -0.494 e. The average Bonchev–Trinajstić information content (AvgIpc) is 2.59. The standard InChI is InChI=1S/C24H40O2/c1-5-6-7-8-9-10-11-12-13-14-17-25-21-15-16-23-22(18-21)20(2)19-24(3,4)26-23/h15-16,18,20H,5-14,17,19H2,1-4H3. The van der Waals surface area contributed by atoms with Crippen molar-refractivity contribution in [2.45, 2.75) is 110 Å². The molecular formula is C24H40O2. The monoisotopic (exact) mass is 360 g/mol. The number of ether oxygens (including phenoxy) is 2. The molecule has 26 heavy (non-hydrogen) atoms. The van der Waals surface area contributed by atoms with Crippen LogP contribution in [0.2, 0.25) is 0 Å². The van der Waals surface area contributed by atoms with Crippen LogP contribution in [0.5, 0.6) is 11.5 Å². The fraction of sp³-hybridized carbons (Fsp3) is 0.750. The summed E-state index contributed by atoms with van der Waals surface area (Å²) in [5, 5.41) is 0. The lowest BCUT2D eigenvalue weighted by Gasteiger charge is -2.36. The van der Waals surface area contributed by atoms with Crippen LogP contribution in [0.4, 0.5) is 0 Å². The molecule has 1 heterocycles. The SMILES string of the molecule is CCCCCCCCCCCCOc1ccc2c(c1)C(C)CC(C)(C)O2. The molecule has 1 unspecified atom stereocenters. The molecule has 1 aromatic rings. The van der Waals surface area contributed by atoms with Gasteiger partial charge in [-0.25, -0.2) is 0 Å². The van der Waals surface area contributed by atoms with Gasteiger partial charge in [0.2, 0.25) is 0 Å². The first-order chi connectivity index (χ1) is 12.5. The first-order valence-corrected chi connectivity index (χ1v) is 11.0. The van der Waals surface area contributed by atoms with Crippen molar-refractivity contribution < 1.29 is 9.47 Å². The Hall–Kier alpha value is -1.18. The van der Waals surface area contributed by atoms with Crippen molar-refractivity contribution in [1.82, 2.24) is 0 Å². The van der Waals surface area contributed by atoms with Gasteiger partial charge in [0.05, 0.1) is 6.61 Å². The molecule has 0 aliphatic carbocycles. The van der Waals surface area contributed by atoms with E-state index in [2.05, 4.69) is 45.9 Å². The predicted octanol–water partition coefficient (Wildman–Crippen LogP) is 7.65. The summed E-state index contributed by atoms with van der Waals surface area (Å²) < 4.78 is 12.1. The summed E-state index contributed by atoms with van der Waals surface area (Å²) in [6.07, 6.45) is 14.7. The average molecular weight is 361 g/mol. The van der Waals surface area contributed by atoms with E-state index in [1.807, 2.05) is 0 Å². The summed E-state index contributed by atoms with van der Waals surface area (Å²) in [4.78, 5) is 0. The smallest absolute Gasteiger partial charge is 0.123 e. The van der Waals surface area contributed by atoms with Crippen LogP contribution in [0.25, 0.3) is 0 Å². The second-order valence-electron chi connectivity index (χ2n) is 8.70. The first kappa shape index (κ1) is 21.1. The molecule has 1 atom stereocenters. The molecule has 0 N–H and O–H groups in total. The molecule has 0 bridgehead atoms. The fourth-order valence-electron chi connectivity index (χ4n) is 4.06. The topological polar surface area (TPSA) is 18.5 Å². The highest BCUT2D eigenvalue weighted by Crippen LogP contribution is 2.41. The van der Waals surface area contributed by atoms with Crippen molar-refractivity contribution in [2.24, 2.45) is 0 Å². The Morgan fingerprint density at radius 2 is 1.58 bits per heavy atom. The maximum Gasteiger partial charge on any atom is 0.123 e. The van der Waals surface area contributed by atoms with Crippen LogP contribution in [-0.2, 0) is 0 Å². The summed E-state index contributed by atoms with van der Waals surface area (Å²) in [5.41, 5.74) is 1.23. The molecule has 0 aromatic heterocycles. The highest BCUT2D eigenvalue weighted by Gasteiger charge is 2.31. The van der Waals surface area contributed by atoms with Crippen LogP contribution in [0, 0.1) is 0 Å². The number of hydrogen-bond donors (Lipinski definition) is 0. The van der Waals surface area contributed by atoms with Gasteiger partial charge in [0.1, 0.15) is 17.1 Å². The van der Waals surface area contributed by atoms with Crippen LogP contribution in [0.3, 0.4) is 0 Å². The Labute approximate surface area is 161 Å². The van der Waals surface area contributed by atoms with Gasteiger partial charge in [-0.05, 0) is 50.8 Å². The molecule has 0 saturated carbocycles. The van der Waals surface area contributed by atoms with Crippen molar-refractivity contribution in [3.05, 3.63) is 23.8 Å². The van der Waals surface area contributed by atoms with Gasteiger partial charge < -0.3 is 9.47 Å². The number of rotatable bonds is 12. The van der Waals surface area contributed by atoms with E-state index in [4.69, 9.17) is 9.47 Å². The predicted molar refractivity (Wildman–Crippen MR) is 112 cm³/mol. The number of benzene rings is 1. The van der Waals surface area contributed by atoms with Gasteiger partial charge in [0, 0.05) is 5.56 Å². The summed E-state index contributed by atoms with van der Waals surface area (Å²) in [6, 6.07) is 6.33. The van der Waals surface area contributed by atoms with Crippen LogP contribution in [-0.4, -0.2) is 12.2 Å². The number of hydrogen-bond acceptors (Lipinski definition) is 2. The molecular weight excluding hydrogens is 320 g/mol. The van der Waals surface area contributed by atoms with Gasteiger partial charge in [0.15, 0.2) is 0 Å². The van der Waals surface area contributed by atoms with E-state index in [0.717, 1.165) is 30.9 Å². The molecule has 0 saturated heterocycles. The normalized spacial score (nSPS) is 18.2. The van der Waals surface area contributed by atoms with Gasteiger partial charge in [-0.3, -0.25) is 0 Å². The van der Waals surface area contributed by atoms with Gasteiger partial charge >= 0.3 is 0 Å². The van der Waals surface area contributed by atoms with Crippen molar-refractivity contribution in [2.75, 3.05) is 6.61 Å². The third kappa shape index (κ3) is 7.21. The Morgan fingerprint density at radius 3 is 2.23 bits per heavy atom. The summed E-state index contributed by atoms with van der Waals surface area (Å²) in [6.45, 7) is 9.73. The van der Waals surface area contributed by atoms with Gasteiger partial charge in [-0.2, -0.15) is 0 Å². The van der Waals surface area contributed by atoms with Crippen molar-refractivity contribution >= 4 is 0 Å². The second kappa shape index (κ2) is 10.8. The van der Waals surface area contributed by atoms with E-state index < -0.39 is 0 Å². The zero-order valence-corrected chi connectivity index (χ0v) is 17.6. The molecule has 1 aliphatic rings. The zero-order valence-electron chi connectivity index (χ0n) is 17.6. The Balaban J connectivity index is 1.59. The molecule has 0 spiro atoms. The largest absolute Gasteiger partial charge is 0.494 e. The Bertz CT molecular complexity index is 521. The van der Waals surface area contributed by atoms with Gasteiger partial charge in [-0.1, -0.05) is 71.6 Å². The number of unbranched alkanes of at least 4 members (excludes halogenated alkanes) is 9. The third-order valence-electron chi connectivity index (χ3n) is 5.46. The minimum atomic E-state index is -0.0647. The first-order valence-electron chi connectivity index (χ1n) is 11.0. The van der Waals surface area contributed by atoms with E-state index in [1.165, 1.54) is 63.4 Å². The molecule has 2 nitrogen and oxygen atoms in total. The molecule has 0 radical (unpaired) electrons. The molecule has 148 valence electrons.